The summed E-state index contributed by atoms with van der Waals surface area (Å²) in [5, 5.41) is 3.07. The van der Waals surface area contributed by atoms with E-state index in [-0.39, 0.29) is 0 Å². The highest BCUT2D eigenvalue weighted by molar-refractivity contribution is 7.09. The molecule has 0 amide bonds. The van der Waals surface area contributed by atoms with E-state index in [4.69, 9.17) is 9.15 Å². The van der Waals surface area contributed by atoms with Crippen molar-refractivity contribution in [3.8, 4) is 0 Å². The Labute approximate surface area is 111 Å². The van der Waals surface area contributed by atoms with Crippen LogP contribution in [0.1, 0.15) is 21.9 Å². The van der Waals surface area contributed by atoms with E-state index < -0.39 is 0 Å². The Bertz CT molecular complexity index is 479. The summed E-state index contributed by atoms with van der Waals surface area (Å²) in [6.45, 7) is 4.09. The molecule has 98 valence electrons. The van der Waals surface area contributed by atoms with Gasteiger partial charge < -0.3 is 14.5 Å². The Hall–Kier alpha value is -1.17. The SMILES string of the molecule is CNCc1occc1COCCc1scnc1C. The molecule has 0 saturated heterocycles. The first-order chi connectivity index (χ1) is 8.81. The van der Waals surface area contributed by atoms with Gasteiger partial charge >= 0.3 is 0 Å². The minimum absolute atomic E-state index is 0.603. The fourth-order valence-electron chi connectivity index (χ4n) is 1.72. The van der Waals surface area contributed by atoms with Crippen LogP contribution in [0.25, 0.3) is 0 Å². The lowest BCUT2D eigenvalue weighted by molar-refractivity contribution is 0.123. The largest absolute Gasteiger partial charge is 0.468 e. The van der Waals surface area contributed by atoms with Crippen LogP contribution in [0, 0.1) is 6.92 Å². The number of furan rings is 1. The van der Waals surface area contributed by atoms with Crippen LogP contribution < -0.4 is 5.32 Å². The number of hydrogen-bond acceptors (Lipinski definition) is 5. The molecular formula is C13H18N2O2S. The van der Waals surface area contributed by atoms with Gasteiger partial charge in [-0.05, 0) is 20.0 Å². The Morgan fingerprint density at radius 2 is 2.39 bits per heavy atom. The molecule has 0 aliphatic heterocycles. The van der Waals surface area contributed by atoms with Gasteiger partial charge in [-0.15, -0.1) is 11.3 Å². The van der Waals surface area contributed by atoms with Crippen LogP contribution in [0.15, 0.2) is 22.3 Å². The lowest BCUT2D eigenvalue weighted by atomic mass is 10.2. The molecule has 0 bridgehead atoms. The second kappa shape index (κ2) is 6.68. The zero-order valence-corrected chi connectivity index (χ0v) is 11.5. The predicted molar refractivity (Wildman–Crippen MR) is 71.7 cm³/mol. The van der Waals surface area contributed by atoms with E-state index >= 15 is 0 Å². The second-order valence-electron chi connectivity index (χ2n) is 4.06. The molecule has 5 heteroatoms. The summed E-state index contributed by atoms with van der Waals surface area (Å²) in [7, 11) is 1.90. The van der Waals surface area contributed by atoms with Crippen LogP contribution in [0.4, 0.5) is 0 Å². The van der Waals surface area contributed by atoms with Crippen LogP contribution in [-0.4, -0.2) is 18.6 Å². The third-order valence-electron chi connectivity index (χ3n) is 2.75. The highest BCUT2D eigenvalue weighted by Crippen LogP contribution is 2.14. The molecule has 0 fully saturated rings. The molecule has 1 N–H and O–H groups in total. The van der Waals surface area contributed by atoms with E-state index in [9.17, 15) is 0 Å². The third-order valence-corrected chi connectivity index (χ3v) is 3.75. The first-order valence-electron chi connectivity index (χ1n) is 5.98. The van der Waals surface area contributed by atoms with Crippen molar-refractivity contribution in [2.24, 2.45) is 0 Å². The molecule has 0 spiro atoms. The molecule has 2 aromatic rings. The lowest BCUT2D eigenvalue weighted by Crippen LogP contribution is -2.07. The number of aromatic nitrogens is 1. The smallest absolute Gasteiger partial charge is 0.123 e. The van der Waals surface area contributed by atoms with E-state index in [1.165, 1.54) is 4.88 Å². The van der Waals surface area contributed by atoms with Crippen molar-refractivity contribution in [1.29, 1.82) is 0 Å². The van der Waals surface area contributed by atoms with E-state index in [2.05, 4.69) is 10.3 Å². The van der Waals surface area contributed by atoms with Crippen molar-refractivity contribution < 1.29 is 9.15 Å². The van der Waals surface area contributed by atoms with Gasteiger partial charge in [0.25, 0.3) is 0 Å². The molecule has 4 nitrogen and oxygen atoms in total. The Kier molecular flexibility index (Phi) is 4.92. The molecule has 2 rings (SSSR count). The van der Waals surface area contributed by atoms with Gasteiger partial charge in [-0.3, -0.25) is 0 Å². The van der Waals surface area contributed by atoms with Crippen molar-refractivity contribution in [3.05, 3.63) is 39.7 Å². The normalized spacial score (nSPS) is 11.0. The average Bonchev–Trinajstić information content (AvgIpc) is 2.95. The van der Waals surface area contributed by atoms with Crippen molar-refractivity contribution >= 4 is 11.3 Å². The summed E-state index contributed by atoms with van der Waals surface area (Å²) in [5.74, 6) is 0.950. The predicted octanol–water partition coefficient (Wildman–Crippen LogP) is 2.52. The average molecular weight is 266 g/mol. The van der Waals surface area contributed by atoms with Crippen LogP contribution in [0.3, 0.4) is 0 Å². The van der Waals surface area contributed by atoms with Crippen LogP contribution >= 0.6 is 11.3 Å². The minimum Gasteiger partial charge on any atom is -0.468 e. The molecule has 0 aromatic carbocycles. The van der Waals surface area contributed by atoms with Crippen LogP contribution in [-0.2, 0) is 24.3 Å². The molecule has 2 aromatic heterocycles. The summed E-state index contributed by atoms with van der Waals surface area (Å²) in [4.78, 5) is 5.53. The van der Waals surface area contributed by atoms with Gasteiger partial charge in [-0.2, -0.15) is 0 Å². The monoisotopic (exact) mass is 266 g/mol. The number of hydrogen-bond donors (Lipinski definition) is 1. The van der Waals surface area contributed by atoms with E-state index in [0.29, 0.717) is 13.2 Å². The minimum atomic E-state index is 0.603. The van der Waals surface area contributed by atoms with Gasteiger partial charge in [0.15, 0.2) is 0 Å². The van der Waals surface area contributed by atoms with Crippen LogP contribution in [0.2, 0.25) is 0 Å². The quantitative estimate of drug-likeness (QED) is 0.782. The zero-order chi connectivity index (χ0) is 12.8. The summed E-state index contributed by atoms with van der Waals surface area (Å²) >= 11 is 1.69. The number of nitrogens with zero attached hydrogens (tertiary/aromatic N) is 1. The fraction of sp³-hybridized carbons (Fsp3) is 0.462. The maximum absolute atomic E-state index is 5.68. The molecular weight excluding hydrogens is 248 g/mol. The van der Waals surface area contributed by atoms with Gasteiger partial charge in [0.2, 0.25) is 0 Å². The maximum atomic E-state index is 5.68. The Morgan fingerprint density at radius 3 is 3.11 bits per heavy atom. The van der Waals surface area contributed by atoms with Crippen molar-refractivity contribution in [1.82, 2.24) is 10.3 Å². The molecule has 0 unspecified atom stereocenters. The number of aryl methyl sites for hydroxylation is 1. The first kappa shape index (κ1) is 13.3. The number of nitrogens with one attached hydrogen (secondary N) is 1. The Morgan fingerprint density at radius 1 is 1.50 bits per heavy atom. The molecule has 2 heterocycles. The van der Waals surface area contributed by atoms with E-state index in [1.54, 1.807) is 17.6 Å². The van der Waals surface area contributed by atoms with Gasteiger partial charge in [-0.1, -0.05) is 0 Å². The van der Waals surface area contributed by atoms with Crippen molar-refractivity contribution in [3.63, 3.8) is 0 Å². The van der Waals surface area contributed by atoms with Crippen molar-refractivity contribution in [2.45, 2.75) is 26.5 Å². The maximum Gasteiger partial charge on any atom is 0.123 e. The van der Waals surface area contributed by atoms with Gasteiger partial charge in [0.1, 0.15) is 5.76 Å². The van der Waals surface area contributed by atoms with E-state index in [1.807, 2.05) is 25.5 Å². The highest BCUT2D eigenvalue weighted by atomic mass is 32.1. The van der Waals surface area contributed by atoms with Gasteiger partial charge in [0.05, 0.1) is 37.2 Å². The van der Waals surface area contributed by atoms with Gasteiger partial charge in [-0.25, -0.2) is 4.98 Å². The second-order valence-corrected chi connectivity index (χ2v) is 5.00. The summed E-state index contributed by atoms with van der Waals surface area (Å²) < 4.78 is 11.1. The fourth-order valence-corrected chi connectivity index (χ4v) is 2.49. The summed E-state index contributed by atoms with van der Waals surface area (Å²) in [6, 6.07) is 1.96. The number of rotatable bonds is 7. The molecule has 18 heavy (non-hydrogen) atoms. The number of ether oxygens (including phenoxy) is 1. The van der Waals surface area contributed by atoms with Crippen LogP contribution in [0.5, 0.6) is 0 Å². The Balaban J connectivity index is 1.75. The molecule has 0 atom stereocenters. The first-order valence-corrected chi connectivity index (χ1v) is 6.85. The molecule has 0 aliphatic carbocycles. The molecule has 0 aliphatic rings. The van der Waals surface area contributed by atoms with Crippen molar-refractivity contribution in [2.75, 3.05) is 13.7 Å². The molecule has 0 saturated carbocycles. The highest BCUT2D eigenvalue weighted by Gasteiger charge is 2.06. The summed E-state index contributed by atoms with van der Waals surface area (Å²) in [5.41, 5.74) is 4.11. The van der Waals surface area contributed by atoms with E-state index in [0.717, 1.165) is 30.0 Å². The third kappa shape index (κ3) is 3.41. The lowest BCUT2D eigenvalue weighted by Gasteiger charge is -2.04. The van der Waals surface area contributed by atoms with Gasteiger partial charge in [0, 0.05) is 16.9 Å². The summed E-state index contributed by atoms with van der Waals surface area (Å²) in [6.07, 6.45) is 2.63. The number of thiazole rings is 1. The standard InChI is InChI=1S/C13H18N2O2S/c1-10-13(18-9-15-10)4-5-16-8-11-3-6-17-12(11)7-14-2/h3,6,9,14H,4-5,7-8H2,1-2H3. The molecule has 0 radical (unpaired) electrons. The zero-order valence-electron chi connectivity index (χ0n) is 10.7. The topological polar surface area (TPSA) is 47.3 Å².